The summed E-state index contributed by atoms with van der Waals surface area (Å²) in [5.41, 5.74) is 3.79. The minimum atomic E-state index is -2.66. The smallest absolute Gasteiger partial charge is 0.283 e. The van der Waals surface area contributed by atoms with Gasteiger partial charge in [0.15, 0.2) is 5.76 Å². The zero-order valence-electron chi connectivity index (χ0n) is 14.6. The minimum Gasteiger partial charge on any atom is -0.356 e. The molecule has 0 saturated heterocycles. The maximum atomic E-state index is 12.7. The van der Waals surface area contributed by atoms with E-state index >= 15 is 0 Å². The predicted molar refractivity (Wildman–Crippen MR) is 94.4 cm³/mol. The quantitative estimate of drug-likeness (QED) is 0.740. The molecule has 0 bridgehead atoms. The molecule has 7 heteroatoms. The summed E-state index contributed by atoms with van der Waals surface area (Å²) in [6.45, 7) is 1.84. The van der Waals surface area contributed by atoms with Gasteiger partial charge in [0, 0.05) is 29.1 Å². The summed E-state index contributed by atoms with van der Waals surface area (Å²) in [6, 6.07) is 10.2. The molecule has 0 spiro atoms. The van der Waals surface area contributed by atoms with Crippen molar-refractivity contribution in [2.24, 2.45) is 0 Å². The molecule has 3 aromatic rings. The van der Waals surface area contributed by atoms with Crippen LogP contribution in [0, 0.1) is 6.92 Å². The SMILES string of the molecule is Cc1cc(C(=O)NC2CCc3cc(-c4cc(C(F)F)no4)ccc32)ccn1. The van der Waals surface area contributed by atoms with Gasteiger partial charge in [0.25, 0.3) is 12.3 Å². The van der Waals surface area contributed by atoms with Gasteiger partial charge in [-0.25, -0.2) is 8.78 Å². The van der Waals surface area contributed by atoms with Gasteiger partial charge < -0.3 is 9.84 Å². The van der Waals surface area contributed by atoms with Crippen LogP contribution in [-0.2, 0) is 6.42 Å². The van der Waals surface area contributed by atoms with E-state index in [1.807, 2.05) is 19.1 Å². The Morgan fingerprint density at radius 1 is 1.26 bits per heavy atom. The largest absolute Gasteiger partial charge is 0.356 e. The van der Waals surface area contributed by atoms with E-state index in [9.17, 15) is 13.6 Å². The third kappa shape index (κ3) is 3.45. The van der Waals surface area contributed by atoms with Crippen LogP contribution < -0.4 is 5.32 Å². The Morgan fingerprint density at radius 2 is 2.11 bits per heavy atom. The fraction of sp³-hybridized carbons (Fsp3) is 0.250. The van der Waals surface area contributed by atoms with E-state index in [-0.39, 0.29) is 17.6 Å². The van der Waals surface area contributed by atoms with Crippen LogP contribution in [0.2, 0.25) is 0 Å². The van der Waals surface area contributed by atoms with Gasteiger partial charge in [-0.2, -0.15) is 0 Å². The first-order chi connectivity index (χ1) is 13.0. The van der Waals surface area contributed by atoms with Crippen LogP contribution >= 0.6 is 0 Å². The first-order valence-corrected chi connectivity index (χ1v) is 8.63. The maximum absolute atomic E-state index is 12.7. The summed E-state index contributed by atoms with van der Waals surface area (Å²) < 4.78 is 30.4. The number of nitrogens with one attached hydrogen (secondary N) is 1. The van der Waals surface area contributed by atoms with Crippen LogP contribution in [0.4, 0.5) is 8.78 Å². The lowest BCUT2D eigenvalue weighted by Gasteiger charge is -2.14. The molecule has 1 aliphatic carbocycles. The van der Waals surface area contributed by atoms with Gasteiger partial charge in [0.2, 0.25) is 0 Å². The van der Waals surface area contributed by atoms with Crippen molar-refractivity contribution in [1.82, 2.24) is 15.5 Å². The Bertz CT molecular complexity index is 1000. The average Bonchev–Trinajstić information content (AvgIpc) is 3.29. The highest BCUT2D eigenvalue weighted by Gasteiger charge is 2.25. The third-order valence-electron chi connectivity index (χ3n) is 4.72. The number of fused-ring (bicyclic) bond motifs is 1. The zero-order chi connectivity index (χ0) is 19.0. The van der Waals surface area contributed by atoms with Crippen molar-refractivity contribution in [3.63, 3.8) is 0 Å². The Hall–Kier alpha value is -3.09. The molecule has 0 aliphatic heterocycles. The van der Waals surface area contributed by atoms with Crippen molar-refractivity contribution in [3.05, 3.63) is 70.7 Å². The van der Waals surface area contributed by atoms with E-state index < -0.39 is 6.43 Å². The molecule has 4 rings (SSSR count). The molecule has 1 amide bonds. The van der Waals surface area contributed by atoms with Crippen molar-refractivity contribution in [3.8, 4) is 11.3 Å². The summed E-state index contributed by atoms with van der Waals surface area (Å²) in [4.78, 5) is 16.6. The maximum Gasteiger partial charge on any atom is 0.283 e. The van der Waals surface area contributed by atoms with Gasteiger partial charge in [-0.3, -0.25) is 9.78 Å². The van der Waals surface area contributed by atoms with E-state index in [2.05, 4.69) is 15.5 Å². The van der Waals surface area contributed by atoms with E-state index in [1.54, 1.807) is 24.4 Å². The molecule has 1 aromatic carbocycles. The lowest BCUT2D eigenvalue weighted by atomic mass is 10.0. The molecule has 27 heavy (non-hydrogen) atoms. The number of carbonyl (C=O) groups is 1. The molecule has 2 aromatic heterocycles. The molecule has 0 fully saturated rings. The summed E-state index contributed by atoms with van der Waals surface area (Å²) in [7, 11) is 0. The standard InChI is InChI=1S/C20H17F2N3O2/c1-11-8-14(6-7-23-11)20(26)24-16-5-3-12-9-13(2-4-15(12)16)18-10-17(19(21)22)25-27-18/h2,4,6-10,16,19H,3,5H2,1H3,(H,24,26). The van der Waals surface area contributed by atoms with Crippen LogP contribution in [0.1, 0.15) is 51.8 Å². The van der Waals surface area contributed by atoms with Gasteiger partial charge in [-0.1, -0.05) is 17.3 Å². The van der Waals surface area contributed by atoms with Crippen molar-refractivity contribution < 1.29 is 18.1 Å². The second kappa shape index (κ2) is 6.90. The normalized spacial score (nSPS) is 15.8. The van der Waals surface area contributed by atoms with E-state index in [0.717, 1.165) is 29.7 Å². The van der Waals surface area contributed by atoms with Crippen molar-refractivity contribution in [1.29, 1.82) is 0 Å². The van der Waals surface area contributed by atoms with E-state index in [4.69, 9.17) is 4.52 Å². The van der Waals surface area contributed by atoms with Gasteiger partial charge in [0.05, 0.1) is 6.04 Å². The predicted octanol–water partition coefficient (Wildman–Crippen LogP) is 4.40. The second-order valence-corrected chi connectivity index (χ2v) is 6.58. The number of amides is 1. The van der Waals surface area contributed by atoms with E-state index in [1.165, 1.54) is 6.07 Å². The van der Waals surface area contributed by atoms with Crippen LogP contribution in [0.15, 0.2) is 47.1 Å². The topological polar surface area (TPSA) is 68.0 Å². The van der Waals surface area contributed by atoms with Crippen LogP contribution in [0.25, 0.3) is 11.3 Å². The third-order valence-corrected chi connectivity index (χ3v) is 4.72. The summed E-state index contributed by atoms with van der Waals surface area (Å²) in [5.74, 6) is 0.173. The number of rotatable bonds is 4. The second-order valence-electron chi connectivity index (χ2n) is 6.58. The molecular formula is C20H17F2N3O2. The Kier molecular flexibility index (Phi) is 4.43. The lowest BCUT2D eigenvalue weighted by molar-refractivity contribution is 0.0936. The monoisotopic (exact) mass is 369 g/mol. The molecule has 0 saturated carbocycles. The number of alkyl halides is 2. The number of nitrogens with zero attached hydrogens (tertiary/aromatic N) is 2. The number of carbonyl (C=O) groups excluding carboxylic acids is 1. The number of hydrogen-bond acceptors (Lipinski definition) is 4. The van der Waals surface area contributed by atoms with Gasteiger partial charge in [-0.15, -0.1) is 0 Å². The molecule has 1 aliphatic rings. The van der Waals surface area contributed by atoms with Gasteiger partial charge in [0.1, 0.15) is 5.69 Å². The summed E-state index contributed by atoms with van der Waals surface area (Å²) >= 11 is 0. The number of hydrogen-bond donors (Lipinski definition) is 1. The van der Waals surface area contributed by atoms with Crippen molar-refractivity contribution in [2.45, 2.75) is 32.2 Å². The van der Waals surface area contributed by atoms with Crippen LogP contribution in [0.3, 0.4) is 0 Å². The Morgan fingerprint density at radius 3 is 2.85 bits per heavy atom. The van der Waals surface area contributed by atoms with Gasteiger partial charge in [-0.05, 0) is 49.1 Å². The molecule has 1 unspecified atom stereocenters. The lowest BCUT2D eigenvalue weighted by Crippen LogP contribution is -2.27. The average molecular weight is 369 g/mol. The number of pyridine rings is 1. The molecule has 0 radical (unpaired) electrons. The van der Waals surface area contributed by atoms with Crippen molar-refractivity contribution in [2.75, 3.05) is 0 Å². The first-order valence-electron chi connectivity index (χ1n) is 8.63. The van der Waals surface area contributed by atoms with Crippen molar-refractivity contribution >= 4 is 5.91 Å². The highest BCUT2D eigenvalue weighted by atomic mass is 19.3. The highest BCUT2D eigenvalue weighted by Crippen LogP contribution is 2.35. The molecular weight excluding hydrogens is 352 g/mol. The highest BCUT2D eigenvalue weighted by molar-refractivity contribution is 5.94. The molecule has 138 valence electrons. The number of halogens is 2. The number of benzene rings is 1. The molecule has 5 nitrogen and oxygen atoms in total. The Labute approximate surface area is 154 Å². The van der Waals surface area contributed by atoms with Gasteiger partial charge >= 0.3 is 0 Å². The fourth-order valence-electron chi connectivity index (χ4n) is 3.38. The number of aryl methyl sites for hydroxylation is 2. The minimum absolute atomic E-state index is 0.0821. The first kappa shape index (κ1) is 17.3. The van der Waals surface area contributed by atoms with Crippen LogP contribution in [-0.4, -0.2) is 16.0 Å². The summed E-state index contributed by atoms with van der Waals surface area (Å²) in [6.07, 6.45) is 0.532. The van der Waals surface area contributed by atoms with E-state index in [0.29, 0.717) is 16.9 Å². The van der Waals surface area contributed by atoms with Crippen LogP contribution in [0.5, 0.6) is 0 Å². The number of aromatic nitrogens is 2. The zero-order valence-corrected chi connectivity index (χ0v) is 14.6. The fourth-order valence-corrected chi connectivity index (χ4v) is 3.38. The molecule has 1 N–H and O–H groups in total. The molecule has 1 atom stereocenters. The Balaban J connectivity index is 1.53. The molecule has 2 heterocycles. The summed E-state index contributed by atoms with van der Waals surface area (Å²) in [5, 5.41) is 6.45.